The molecule has 0 bridgehead atoms. The summed E-state index contributed by atoms with van der Waals surface area (Å²) in [6.45, 7) is 14.9. The Morgan fingerprint density at radius 1 is 1.02 bits per heavy atom. The highest BCUT2D eigenvalue weighted by molar-refractivity contribution is 6.74. The number of hydrogen-bond acceptors (Lipinski definition) is 6. The van der Waals surface area contributed by atoms with E-state index in [9.17, 15) is 9.90 Å². The number of nitrogens with zero attached hydrogens (tertiary/aromatic N) is 5. The van der Waals surface area contributed by atoms with E-state index >= 15 is 0 Å². The van der Waals surface area contributed by atoms with Crippen molar-refractivity contribution in [3.8, 4) is 5.69 Å². The predicted molar refractivity (Wildman–Crippen MR) is 163 cm³/mol. The summed E-state index contributed by atoms with van der Waals surface area (Å²) in [4.78, 5) is 27.8. The van der Waals surface area contributed by atoms with Gasteiger partial charge in [0.2, 0.25) is 0 Å². The fourth-order valence-electron chi connectivity index (χ4n) is 4.03. The fourth-order valence-corrected chi connectivity index (χ4v) is 5.54. The second-order valence-corrected chi connectivity index (χ2v) is 17.3. The van der Waals surface area contributed by atoms with Gasteiger partial charge in [0.25, 0.3) is 5.91 Å². The van der Waals surface area contributed by atoms with E-state index in [-0.39, 0.29) is 20.9 Å². The Hall–Kier alpha value is -2.82. The third-order valence-corrected chi connectivity index (χ3v) is 12.5. The second-order valence-electron chi connectivity index (χ2n) is 11.8. The molecule has 0 atom stereocenters. The smallest absolute Gasteiger partial charge is 0.264 e. The number of hydrogen-bond donors (Lipinski definition) is 1. The van der Waals surface area contributed by atoms with Gasteiger partial charge in [-0.05, 0) is 68.4 Å². The first-order valence-electron chi connectivity index (χ1n) is 13.0. The van der Waals surface area contributed by atoms with Gasteiger partial charge in [-0.1, -0.05) is 44.0 Å². The van der Waals surface area contributed by atoms with Gasteiger partial charge in [0.05, 0.1) is 29.7 Å². The molecule has 3 heterocycles. The summed E-state index contributed by atoms with van der Waals surface area (Å²) in [6.07, 6.45) is 4.90. The highest BCUT2D eigenvalue weighted by Crippen LogP contribution is 2.37. The Bertz CT molecular complexity index is 1510. The van der Waals surface area contributed by atoms with Crippen LogP contribution in [0.3, 0.4) is 0 Å². The van der Waals surface area contributed by atoms with E-state index in [0.29, 0.717) is 24.5 Å². The number of rotatable bonds is 8. The molecule has 0 saturated heterocycles. The predicted octanol–water partition coefficient (Wildman–Crippen LogP) is 7.02. The highest BCUT2D eigenvalue weighted by Gasteiger charge is 2.37. The van der Waals surface area contributed by atoms with Crippen molar-refractivity contribution >= 4 is 54.0 Å². The molecule has 0 radical (unpaired) electrons. The lowest BCUT2D eigenvalue weighted by Crippen LogP contribution is -2.43. The van der Waals surface area contributed by atoms with E-state index in [2.05, 4.69) is 48.8 Å². The Labute approximate surface area is 246 Å². The summed E-state index contributed by atoms with van der Waals surface area (Å²) < 4.78 is 8.40. The van der Waals surface area contributed by atoms with Crippen LogP contribution in [0.15, 0.2) is 55.1 Å². The maximum Gasteiger partial charge on any atom is 0.264 e. The van der Waals surface area contributed by atoms with Crippen LogP contribution in [0.5, 0.6) is 0 Å². The van der Waals surface area contributed by atoms with Crippen LogP contribution in [0, 0.1) is 0 Å². The molecule has 212 valence electrons. The summed E-state index contributed by atoms with van der Waals surface area (Å²) in [6, 6.07) is 11.5. The standard InChI is InChI=1S/C29H35Cl2N5O3Si/c1-28(2,3)40(6,7)39-15-14-36(27(37)24-25(30)33-18-34-26(24)31)20-8-10-22-19(16-20)12-13-35(22)21-9-11-23(32-17-21)29(4,5)38/h8-13,16-18,38H,14-15H2,1-7H3. The Morgan fingerprint density at radius 2 is 1.70 bits per heavy atom. The van der Waals surface area contributed by atoms with Gasteiger partial charge < -0.3 is 19.0 Å². The number of pyridine rings is 1. The van der Waals surface area contributed by atoms with Gasteiger partial charge in [-0.15, -0.1) is 0 Å². The first-order chi connectivity index (χ1) is 18.6. The molecule has 0 saturated carbocycles. The number of aromatic nitrogens is 4. The van der Waals surface area contributed by atoms with Crippen LogP contribution in [-0.2, 0) is 10.0 Å². The molecule has 1 N–H and O–H groups in total. The second kappa shape index (κ2) is 11.2. The molecule has 11 heteroatoms. The van der Waals surface area contributed by atoms with E-state index in [1.165, 1.54) is 6.33 Å². The zero-order valence-electron chi connectivity index (χ0n) is 23.9. The van der Waals surface area contributed by atoms with Crippen LogP contribution in [-0.4, -0.2) is 52.0 Å². The van der Waals surface area contributed by atoms with Crippen molar-refractivity contribution in [2.45, 2.75) is 58.4 Å². The Balaban J connectivity index is 1.69. The molecule has 8 nitrogen and oxygen atoms in total. The average Bonchev–Trinajstić information content (AvgIpc) is 3.28. The molecule has 3 aromatic heterocycles. The molecule has 0 aliphatic heterocycles. The summed E-state index contributed by atoms with van der Waals surface area (Å²) >= 11 is 12.6. The van der Waals surface area contributed by atoms with Gasteiger partial charge in [0.15, 0.2) is 8.32 Å². The van der Waals surface area contributed by atoms with E-state index in [0.717, 1.165) is 16.6 Å². The molecule has 0 unspecified atom stereocenters. The first-order valence-corrected chi connectivity index (χ1v) is 16.7. The lowest BCUT2D eigenvalue weighted by Gasteiger charge is -2.37. The molecule has 0 aliphatic carbocycles. The molecule has 0 fully saturated rings. The first kappa shape index (κ1) is 30.1. The van der Waals surface area contributed by atoms with Gasteiger partial charge in [-0.2, -0.15) is 0 Å². The molecular formula is C29H35Cl2N5O3Si. The molecular weight excluding hydrogens is 565 g/mol. The van der Waals surface area contributed by atoms with Crippen LogP contribution in [0.4, 0.5) is 5.69 Å². The molecule has 4 aromatic rings. The largest absolute Gasteiger partial charge is 0.415 e. The Kier molecular flexibility index (Phi) is 8.45. The van der Waals surface area contributed by atoms with Gasteiger partial charge in [0, 0.05) is 23.8 Å². The number of anilines is 1. The van der Waals surface area contributed by atoms with Gasteiger partial charge >= 0.3 is 0 Å². The van der Waals surface area contributed by atoms with Gasteiger partial charge in [-0.25, -0.2) is 9.97 Å². The van der Waals surface area contributed by atoms with Crippen molar-refractivity contribution < 1.29 is 14.3 Å². The highest BCUT2D eigenvalue weighted by atomic mass is 35.5. The van der Waals surface area contributed by atoms with Crippen LogP contribution in [0.2, 0.25) is 28.4 Å². The molecule has 4 rings (SSSR count). The number of fused-ring (bicyclic) bond motifs is 1. The van der Waals surface area contributed by atoms with Crippen LogP contribution >= 0.6 is 23.2 Å². The van der Waals surface area contributed by atoms with E-state index in [4.69, 9.17) is 27.6 Å². The summed E-state index contributed by atoms with van der Waals surface area (Å²) in [5.41, 5.74) is 2.07. The number of halogens is 2. The number of carbonyl (C=O) groups is 1. The molecule has 40 heavy (non-hydrogen) atoms. The minimum absolute atomic E-state index is 0.00505. The van der Waals surface area contributed by atoms with Crippen LogP contribution < -0.4 is 4.90 Å². The zero-order chi connectivity index (χ0) is 29.5. The van der Waals surface area contributed by atoms with E-state index < -0.39 is 19.8 Å². The molecule has 1 aromatic carbocycles. The lowest BCUT2D eigenvalue weighted by molar-refractivity contribution is 0.0738. The number of carbonyl (C=O) groups excluding carboxylic acids is 1. The third kappa shape index (κ3) is 6.24. The van der Waals surface area contributed by atoms with E-state index in [1.54, 1.807) is 24.9 Å². The SMILES string of the molecule is CC(C)(O)c1ccc(-n2ccc3cc(N(CCO[Si](C)(C)C(C)(C)C)C(=O)c4c(Cl)ncnc4Cl)ccc32)cn1. The maximum absolute atomic E-state index is 13.8. The summed E-state index contributed by atoms with van der Waals surface area (Å²) in [7, 11) is -2.04. The van der Waals surface area contributed by atoms with Gasteiger partial charge in [-0.3, -0.25) is 9.78 Å². The van der Waals surface area contributed by atoms with Crippen molar-refractivity contribution in [2.24, 2.45) is 0 Å². The van der Waals surface area contributed by atoms with Crippen molar-refractivity contribution in [1.82, 2.24) is 19.5 Å². The quantitative estimate of drug-likeness (QED) is 0.173. The van der Waals surface area contributed by atoms with Crippen molar-refractivity contribution in [2.75, 3.05) is 18.1 Å². The lowest BCUT2D eigenvalue weighted by atomic mass is 10.1. The summed E-state index contributed by atoms with van der Waals surface area (Å²) in [5.74, 6) is -0.403. The number of amides is 1. The number of benzene rings is 1. The van der Waals surface area contributed by atoms with Crippen LogP contribution in [0.1, 0.15) is 50.7 Å². The molecule has 1 amide bonds. The normalized spacial score (nSPS) is 12.7. The van der Waals surface area contributed by atoms with Crippen molar-refractivity contribution in [1.29, 1.82) is 0 Å². The zero-order valence-corrected chi connectivity index (χ0v) is 26.4. The Morgan fingerprint density at radius 3 is 2.27 bits per heavy atom. The molecule has 0 spiro atoms. The summed E-state index contributed by atoms with van der Waals surface area (Å²) in [5, 5.41) is 11.2. The number of aliphatic hydroxyl groups is 1. The third-order valence-electron chi connectivity index (χ3n) is 7.44. The van der Waals surface area contributed by atoms with E-state index in [1.807, 2.05) is 47.2 Å². The van der Waals surface area contributed by atoms with Crippen LogP contribution in [0.25, 0.3) is 16.6 Å². The fraction of sp³-hybridized carbons (Fsp3) is 0.379. The topological polar surface area (TPSA) is 93.4 Å². The average molecular weight is 601 g/mol. The van der Waals surface area contributed by atoms with Gasteiger partial charge in [0.1, 0.15) is 27.8 Å². The minimum Gasteiger partial charge on any atom is -0.415 e. The molecule has 0 aliphatic rings. The monoisotopic (exact) mass is 599 g/mol. The maximum atomic E-state index is 13.8. The minimum atomic E-state index is -2.04. The van der Waals surface area contributed by atoms with Crippen molar-refractivity contribution in [3.63, 3.8) is 0 Å². The van der Waals surface area contributed by atoms with Crippen molar-refractivity contribution in [3.05, 3.63) is 76.7 Å².